The Morgan fingerprint density at radius 2 is 2.09 bits per heavy atom. The van der Waals surface area contributed by atoms with Crippen LogP contribution >= 0.6 is 23.1 Å². The van der Waals surface area contributed by atoms with Crippen molar-refractivity contribution >= 4 is 40.0 Å². The van der Waals surface area contributed by atoms with E-state index in [-0.39, 0.29) is 23.3 Å². The molecule has 0 spiro atoms. The predicted molar refractivity (Wildman–Crippen MR) is 126 cm³/mol. The molecule has 1 aromatic carbocycles. The van der Waals surface area contributed by atoms with Crippen molar-refractivity contribution < 1.29 is 14.3 Å². The van der Waals surface area contributed by atoms with Crippen molar-refractivity contribution in [3.05, 3.63) is 58.1 Å². The zero-order valence-corrected chi connectivity index (χ0v) is 20.0. The molecule has 2 N–H and O–H groups in total. The van der Waals surface area contributed by atoms with Crippen LogP contribution in [-0.2, 0) is 14.3 Å². The summed E-state index contributed by atoms with van der Waals surface area (Å²) in [6.07, 6.45) is 1.78. The van der Waals surface area contributed by atoms with Crippen molar-refractivity contribution in [3.8, 4) is 6.07 Å². The summed E-state index contributed by atoms with van der Waals surface area (Å²) in [5.41, 5.74) is 10.2. The summed E-state index contributed by atoms with van der Waals surface area (Å²) in [6.45, 7) is 4.07. The van der Waals surface area contributed by atoms with Crippen molar-refractivity contribution in [3.63, 3.8) is 0 Å². The van der Waals surface area contributed by atoms with E-state index in [1.807, 2.05) is 31.2 Å². The molecule has 2 aromatic rings. The lowest BCUT2D eigenvalue weighted by molar-refractivity contribution is -0.139. The number of nitrogens with zero attached hydrogens (tertiary/aromatic N) is 4. The molecule has 0 saturated carbocycles. The Kier molecular flexibility index (Phi) is 6.81. The van der Waals surface area contributed by atoms with E-state index < -0.39 is 5.92 Å². The maximum absolute atomic E-state index is 13.1. The van der Waals surface area contributed by atoms with Gasteiger partial charge in [0, 0.05) is 17.7 Å². The molecular weight excluding hydrogens is 458 g/mol. The van der Waals surface area contributed by atoms with Gasteiger partial charge in [0.1, 0.15) is 5.82 Å². The third kappa shape index (κ3) is 4.51. The van der Waals surface area contributed by atoms with Crippen LogP contribution in [0.1, 0.15) is 43.2 Å². The molecule has 1 aliphatic carbocycles. The topological polar surface area (TPSA) is 122 Å². The monoisotopic (exact) mass is 481 g/mol. The molecule has 0 fully saturated rings. The molecule has 4 rings (SSSR count). The van der Waals surface area contributed by atoms with Crippen LogP contribution in [-0.4, -0.2) is 34.3 Å². The molecule has 0 saturated heterocycles. The fourth-order valence-corrected chi connectivity index (χ4v) is 5.75. The van der Waals surface area contributed by atoms with Gasteiger partial charge in [-0.3, -0.25) is 14.5 Å². The van der Waals surface area contributed by atoms with Crippen LogP contribution in [0.5, 0.6) is 0 Å². The summed E-state index contributed by atoms with van der Waals surface area (Å²) in [5, 5.41) is 18.9. The number of rotatable bonds is 6. The highest BCUT2D eigenvalue weighted by molar-refractivity contribution is 8.01. The number of hydrogen-bond donors (Lipinski definition) is 1. The molecule has 1 aliphatic heterocycles. The molecule has 1 unspecified atom stereocenters. The Labute approximate surface area is 200 Å². The summed E-state index contributed by atoms with van der Waals surface area (Å²) in [6, 6.07) is 10.1. The number of anilines is 1. The van der Waals surface area contributed by atoms with Gasteiger partial charge in [-0.1, -0.05) is 52.9 Å². The molecule has 170 valence electrons. The lowest BCUT2D eigenvalue weighted by Crippen LogP contribution is -2.38. The van der Waals surface area contributed by atoms with Crippen LogP contribution in [0.25, 0.3) is 0 Å². The number of benzene rings is 1. The first-order valence-corrected chi connectivity index (χ1v) is 12.4. The van der Waals surface area contributed by atoms with Gasteiger partial charge in [0.05, 0.1) is 29.9 Å². The van der Waals surface area contributed by atoms with Gasteiger partial charge < -0.3 is 10.5 Å². The largest absolute Gasteiger partial charge is 0.465 e. The van der Waals surface area contributed by atoms with Gasteiger partial charge in [-0.25, -0.2) is 0 Å². The number of thioether (sulfide) groups is 1. The number of carbonyl (C=O) groups is 2. The first-order valence-electron chi connectivity index (χ1n) is 10.6. The molecule has 1 aromatic heterocycles. The van der Waals surface area contributed by atoms with Crippen molar-refractivity contribution in [1.82, 2.24) is 10.2 Å². The third-order valence-electron chi connectivity index (χ3n) is 5.53. The summed E-state index contributed by atoms with van der Waals surface area (Å²) in [7, 11) is 0. The Bertz CT molecular complexity index is 1190. The highest BCUT2D eigenvalue weighted by Gasteiger charge is 2.41. The predicted octanol–water partition coefficient (Wildman–Crippen LogP) is 3.81. The number of aromatic nitrogens is 2. The molecule has 33 heavy (non-hydrogen) atoms. The fourth-order valence-electron chi connectivity index (χ4n) is 4.07. The molecule has 10 heteroatoms. The quantitative estimate of drug-likeness (QED) is 0.485. The van der Waals surface area contributed by atoms with Crippen molar-refractivity contribution in [1.29, 1.82) is 5.26 Å². The number of ether oxygens (including phenoxy) is 1. The number of Topliss-reactive ketones (excluding diaryl/α,β-unsaturated/α-hetero) is 1. The smallest absolute Gasteiger partial charge is 0.316 e. The maximum atomic E-state index is 13.1. The minimum Gasteiger partial charge on any atom is -0.465 e. The minimum absolute atomic E-state index is 0.0218. The zero-order valence-electron chi connectivity index (χ0n) is 18.3. The van der Waals surface area contributed by atoms with Gasteiger partial charge in [0.2, 0.25) is 5.13 Å². The Morgan fingerprint density at radius 1 is 1.33 bits per heavy atom. The van der Waals surface area contributed by atoms with Gasteiger partial charge >= 0.3 is 5.97 Å². The normalized spacial score (nSPS) is 18.3. The van der Waals surface area contributed by atoms with Gasteiger partial charge in [-0.05, 0) is 32.3 Å². The minimum atomic E-state index is -0.500. The van der Waals surface area contributed by atoms with Crippen LogP contribution in [0, 0.1) is 18.3 Å². The number of nitrogens with two attached hydrogens (primary N) is 1. The molecule has 1 atom stereocenters. The van der Waals surface area contributed by atoms with Crippen LogP contribution in [0.15, 0.2) is 51.3 Å². The number of aryl methyl sites for hydroxylation is 1. The summed E-state index contributed by atoms with van der Waals surface area (Å²) in [5.74, 6) is -0.422. The lowest BCUT2D eigenvalue weighted by Gasteiger charge is -2.38. The van der Waals surface area contributed by atoms with E-state index in [4.69, 9.17) is 10.5 Å². The Morgan fingerprint density at radius 3 is 2.79 bits per heavy atom. The van der Waals surface area contributed by atoms with Gasteiger partial charge in [-0.2, -0.15) is 5.26 Å². The summed E-state index contributed by atoms with van der Waals surface area (Å²) < 4.78 is 5.53. The van der Waals surface area contributed by atoms with Crippen molar-refractivity contribution in [2.45, 2.75) is 43.4 Å². The third-order valence-corrected chi connectivity index (χ3v) is 7.55. The van der Waals surface area contributed by atoms with Crippen molar-refractivity contribution in [2.75, 3.05) is 17.3 Å². The first-order chi connectivity index (χ1) is 15.9. The average molecular weight is 482 g/mol. The van der Waals surface area contributed by atoms with Crippen molar-refractivity contribution in [2.24, 2.45) is 5.73 Å². The number of ketones is 1. The molecule has 0 bridgehead atoms. The number of hydrogen-bond acceptors (Lipinski definition) is 10. The molecular formula is C23H23N5O3S2. The van der Waals surface area contributed by atoms with E-state index in [1.54, 1.807) is 11.8 Å². The fraction of sp³-hybridized carbons (Fsp3) is 0.348. The standard InChI is InChI=1S/C23H23N5O3S2/c1-3-31-18(30)12-32-23-27-26-22(33-23)28-16-5-4-6-17(29)20(16)19(15(11-24)21(28)25)14-9-7-13(2)8-10-14/h7-10,19H,3-6,12,25H2,1-2H3. The van der Waals surface area contributed by atoms with E-state index in [0.717, 1.165) is 16.8 Å². The highest BCUT2D eigenvalue weighted by atomic mass is 32.2. The lowest BCUT2D eigenvalue weighted by atomic mass is 9.75. The summed E-state index contributed by atoms with van der Waals surface area (Å²) >= 11 is 2.49. The van der Waals surface area contributed by atoms with Gasteiger partial charge in [0.15, 0.2) is 10.1 Å². The van der Waals surface area contributed by atoms with E-state index in [0.29, 0.717) is 46.5 Å². The number of esters is 1. The summed E-state index contributed by atoms with van der Waals surface area (Å²) in [4.78, 5) is 26.5. The first kappa shape index (κ1) is 23.0. The molecule has 2 aliphatic rings. The number of carbonyl (C=O) groups excluding carboxylic acids is 2. The second-order valence-electron chi connectivity index (χ2n) is 7.67. The average Bonchev–Trinajstić information content (AvgIpc) is 3.26. The van der Waals surface area contributed by atoms with E-state index in [1.165, 1.54) is 23.1 Å². The number of nitriles is 1. The molecule has 2 heterocycles. The van der Waals surface area contributed by atoms with Crippen LogP contribution in [0.3, 0.4) is 0 Å². The van der Waals surface area contributed by atoms with Gasteiger partial charge in [0.25, 0.3) is 0 Å². The maximum Gasteiger partial charge on any atom is 0.316 e. The Hall–Kier alpha value is -3.16. The van der Waals surface area contributed by atoms with Crippen LogP contribution in [0.4, 0.5) is 5.13 Å². The van der Waals surface area contributed by atoms with E-state index in [9.17, 15) is 14.9 Å². The van der Waals surface area contributed by atoms with Crippen LogP contribution in [0.2, 0.25) is 0 Å². The number of allylic oxidation sites excluding steroid dienone is 3. The second-order valence-corrected chi connectivity index (χ2v) is 9.85. The molecule has 8 nitrogen and oxygen atoms in total. The van der Waals surface area contributed by atoms with E-state index >= 15 is 0 Å². The van der Waals surface area contributed by atoms with Gasteiger partial charge in [-0.15, -0.1) is 10.2 Å². The van der Waals surface area contributed by atoms with E-state index in [2.05, 4.69) is 16.3 Å². The molecule has 0 radical (unpaired) electrons. The molecule has 0 amide bonds. The second kappa shape index (κ2) is 9.77. The SMILES string of the molecule is CCOC(=O)CSc1nnc(N2C(N)=C(C#N)C(c3ccc(C)cc3)C3=C2CCCC3=O)s1. The van der Waals surface area contributed by atoms with Crippen LogP contribution < -0.4 is 10.6 Å². The Balaban J connectivity index is 1.75. The zero-order chi connectivity index (χ0) is 23.5. The highest BCUT2D eigenvalue weighted by Crippen LogP contribution is 2.47.